The second kappa shape index (κ2) is 10.6. The van der Waals surface area contributed by atoms with Gasteiger partial charge in [-0.2, -0.15) is 0 Å². The van der Waals surface area contributed by atoms with E-state index >= 15 is 0 Å². The van der Waals surface area contributed by atoms with Gasteiger partial charge in [0.05, 0.1) is 20.1 Å². The number of esters is 2. The summed E-state index contributed by atoms with van der Waals surface area (Å²) in [6.07, 6.45) is 1.26. The fourth-order valence-electron chi connectivity index (χ4n) is 3.27. The summed E-state index contributed by atoms with van der Waals surface area (Å²) < 4.78 is 21.2. The van der Waals surface area contributed by atoms with Crippen LogP contribution in [-0.2, 0) is 27.2 Å². The molecule has 0 saturated heterocycles. The van der Waals surface area contributed by atoms with Crippen LogP contribution in [0.25, 0.3) is 11.0 Å². The highest BCUT2D eigenvalue weighted by molar-refractivity contribution is 5.84. The highest BCUT2D eigenvalue weighted by Gasteiger charge is 2.16. The van der Waals surface area contributed by atoms with Crippen molar-refractivity contribution >= 4 is 22.9 Å². The van der Waals surface area contributed by atoms with E-state index in [-0.39, 0.29) is 24.6 Å². The number of hydrogen-bond donors (Lipinski definition) is 0. The molecule has 1 aromatic heterocycles. The van der Waals surface area contributed by atoms with Crippen molar-refractivity contribution in [3.63, 3.8) is 0 Å². The fraction of sp³-hybridized carbons (Fsp3) is 0.320. The fourth-order valence-corrected chi connectivity index (χ4v) is 3.27. The van der Waals surface area contributed by atoms with Crippen molar-refractivity contribution in [1.29, 1.82) is 0 Å². The first-order valence-electron chi connectivity index (χ1n) is 10.5. The van der Waals surface area contributed by atoms with Gasteiger partial charge in [0.25, 0.3) is 0 Å². The molecular weight excluding hydrogens is 412 g/mol. The number of benzene rings is 2. The molecular formula is C25H26O7. The number of methoxy groups -OCH3 is 1. The molecule has 0 unspecified atom stereocenters. The summed E-state index contributed by atoms with van der Waals surface area (Å²) >= 11 is 0. The van der Waals surface area contributed by atoms with E-state index in [9.17, 15) is 14.4 Å². The third-order valence-electron chi connectivity index (χ3n) is 4.93. The molecule has 0 fully saturated rings. The lowest BCUT2D eigenvalue weighted by molar-refractivity contribution is -0.143. The van der Waals surface area contributed by atoms with Crippen molar-refractivity contribution in [2.45, 2.75) is 39.5 Å². The highest BCUT2D eigenvalue weighted by atomic mass is 16.5. The molecule has 0 radical (unpaired) electrons. The molecule has 0 aliphatic heterocycles. The Balaban J connectivity index is 1.85. The molecule has 0 aliphatic carbocycles. The molecule has 0 bridgehead atoms. The molecule has 1 heterocycles. The second-order valence-corrected chi connectivity index (χ2v) is 7.42. The normalized spacial score (nSPS) is 10.7. The Morgan fingerprint density at radius 2 is 1.78 bits per heavy atom. The van der Waals surface area contributed by atoms with Crippen molar-refractivity contribution in [3.8, 4) is 11.5 Å². The first-order valence-corrected chi connectivity index (χ1v) is 10.5. The zero-order valence-corrected chi connectivity index (χ0v) is 18.4. The maximum Gasteiger partial charge on any atom is 0.336 e. The van der Waals surface area contributed by atoms with Gasteiger partial charge in [-0.1, -0.05) is 19.1 Å². The molecule has 0 aliphatic rings. The number of ether oxygens (including phenoxy) is 3. The Labute approximate surface area is 185 Å². The monoisotopic (exact) mass is 438 g/mol. The molecule has 2 aromatic carbocycles. The molecule has 3 aromatic rings. The van der Waals surface area contributed by atoms with Gasteiger partial charge >= 0.3 is 17.6 Å². The molecule has 0 amide bonds. The van der Waals surface area contributed by atoms with E-state index in [0.717, 1.165) is 22.9 Å². The van der Waals surface area contributed by atoms with E-state index in [1.807, 2.05) is 6.92 Å². The molecule has 0 spiro atoms. The Bertz CT molecular complexity index is 1160. The maximum absolute atomic E-state index is 12.6. The van der Waals surface area contributed by atoms with Gasteiger partial charge in [0.15, 0.2) is 0 Å². The number of fused-ring (bicyclic) bond motifs is 1. The average molecular weight is 438 g/mol. The Hall–Kier alpha value is -3.61. The van der Waals surface area contributed by atoms with Gasteiger partial charge in [-0.05, 0) is 54.7 Å². The lowest BCUT2D eigenvalue weighted by Crippen LogP contribution is -2.13. The smallest absolute Gasteiger partial charge is 0.336 e. The molecule has 0 atom stereocenters. The van der Waals surface area contributed by atoms with Gasteiger partial charge in [-0.3, -0.25) is 9.59 Å². The number of carbonyl (C=O) groups is 2. The van der Waals surface area contributed by atoms with Crippen LogP contribution in [0.2, 0.25) is 0 Å². The summed E-state index contributed by atoms with van der Waals surface area (Å²) in [7, 11) is 1.57. The minimum absolute atomic E-state index is 0.0534. The van der Waals surface area contributed by atoms with Gasteiger partial charge in [-0.25, -0.2) is 4.79 Å². The van der Waals surface area contributed by atoms with E-state index < -0.39 is 11.6 Å². The van der Waals surface area contributed by atoms with E-state index in [4.69, 9.17) is 18.6 Å². The van der Waals surface area contributed by atoms with E-state index in [1.165, 1.54) is 12.1 Å². The third kappa shape index (κ3) is 5.97. The van der Waals surface area contributed by atoms with Crippen LogP contribution < -0.4 is 15.1 Å². The number of aryl methyl sites for hydroxylation is 2. The Morgan fingerprint density at radius 1 is 1.03 bits per heavy atom. The molecule has 32 heavy (non-hydrogen) atoms. The first-order chi connectivity index (χ1) is 15.4. The van der Waals surface area contributed by atoms with Gasteiger partial charge in [0.2, 0.25) is 0 Å². The van der Waals surface area contributed by atoms with E-state index in [0.29, 0.717) is 29.9 Å². The van der Waals surface area contributed by atoms with Crippen LogP contribution in [0.1, 0.15) is 36.5 Å². The molecule has 7 nitrogen and oxygen atoms in total. The largest absolute Gasteiger partial charge is 0.497 e. The van der Waals surface area contributed by atoms with Crippen molar-refractivity contribution in [3.05, 3.63) is 69.6 Å². The SMILES string of the molecule is CCCOC(=O)CCc1cc2c(C)cc(=O)oc2cc1OC(=O)Cc1ccc(OC)cc1. The minimum Gasteiger partial charge on any atom is -0.497 e. The van der Waals surface area contributed by atoms with Gasteiger partial charge in [-0.15, -0.1) is 0 Å². The van der Waals surface area contributed by atoms with Crippen LogP contribution in [-0.4, -0.2) is 25.7 Å². The van der Waals surface area contributed by atoms with Crippen LogP contribution in [0, 0.1) is 6.92 Å². The lowest BCUT2D eigenvalue weighted by Gasteiger charge is -2.12. The molecule has 0 N–H and O–H groups in total. The van der Waals surface area contributed by atoms with Crippen molar-refractivity contribution < 1.29 is 28.2 Å². The quantitative estimate of drug-likeness (QED) is 0.282. The summed E-state index contributed by atoms with van der Waals surface area (Å²) in [5, 5.41) is 0.719. The van der Waals surface area contributed by atoms with Crippen molar-refractivity contribution in [1.82, 2.24) is 0 Å². The van der Waals surface area contributed by atoms with Crippen LogP contribution in [0.15, 0.2) is 51.7 Å². The van der Waals surface area contributed by atoms with Gasteiger partial charge in [0.1, 0.15) is 17.1 Å². The highest BCUT2D eigenvalue weighted by Crippen LogP contribution is 2.29. The van der Waals surface area contributed by atoms with Gasteiger partial charge < -0.3 is 18.6 Å². The molecule has 0 saturated carbocycles. The van der Waals surface area contributed by atoms with Crippen LogP contribution in [0.4, 0.5) is 0 Å². The number of hydrogen-bond acceptors (Lipinski definition) is 7. The van der Waals surface area contributed by atoms with Crippen molar-refractivity contribution in [2.24, 2.45) is 0 Å². The minimum atomic E-state index is -0.485. The predicted molar refractivity (Wildman–Crippen MR) is 119 cm³/mol. The summed E-state index contributed by atoms with van der Waals surface area (Å²) in [4.78, 5) is 36.4. The third-order valence-corrected chi connectivity index (χ3v) is 4.93. The summed E-state index contributed by atoms with van der Waals surface area (Å²) in [5.74, 6) is 0.158. The maximum atomic E-state index is 12.6. The predicted octanol–water partition coefficient (Wildman–Crippen LogP) is 4.14. The van der Waals surface area contributed by atoms with E-state index in [2.05, 4.69) is 0 Å². The molecule has 168 valence electrons. The van der Waals surface area contributed by atoms with Crippen LogP contribution in [0.3, 0.4) is 0 Å². The molecule has 3 rings (SSSR count). The van der Waals surface area contributed by atoms with Crippen LogP contribution >= 0.6 is 0 Å². The Morgan fingerprint density at radius 3 is 2.47 bits per heavy atom. The van der Waals surface area contributed by atoms with E-state index in [1.54, 1.807) is 44.4 Å². The zero-order chi connectivity index (χ0) is 23.1. The Kier molecular flexibility index (Phi) is 7.65. The van der Waals surface area contributed by atoms with Gasteiger partial charge in [0, 0.05) is 23.9 Å². The lowest BCUT2D eigenvalue weighted by atomic mass is 10.0. The summed E-state index contributed by atoms with van der Waals surface area (Å²) in [6, 6.07) is 11.8. The standard InChI is InChI=1S/C25H26O7/c1-4-11-30-23(26)10-7-18-14-20-16(2)12-24(27)32-22(20)15-21(18)31-25(28)13-17-5-8-19(29-3)9-6-17/h5-6,8-9,12,14-15H,4,7,10-11,13H2,1-3H3. The average Bonchev–Trinajstić information content (AvgIpc) is 2.76. The summed E-state index contributed by atoms with van der Waals surface area (Å²) in [5.41, 5.74) is 2.00. The molecule has 7 heteroatoms. The second-order valence-electron chi connectivity index (χ2n) is 7.42. The number of carbonyl (C=O) groups excluding carboxylic acids is 2. The number of rotatable bonds is 9. The van der Waals surface area contributed by atoms with Crippen molar-refractivity contribution in [2.75, 3.05) is 13.7 Å². The topological polar surface area (TPSA) is 92.0 Å². The zero-order valence-electron chi connectivity index (χ0n) is 18.4. The summed E-state index contributed by atoms with van der Waals surface area (Å²) in [6.45, 7) is 4.09. The van der Waals surface area contributed by atoms with Crippen LogP contribution in [0.5, 0.6) is 11.5 Å². The first kappa shape index (κ1) is 23.1.